The van der Waals surface area contributed by atoms with Crippen LogP contribution in [0, 0.1) is 0 Å². The molecule has 0 fully saturated rings. The molecule has 7 heteroatoms. The SMILES string of the molecule is C=CCSc1nnc2c3c(ncn12)[C@H]1C2=C(CCC2)C(CCCC)=N[C@@H]1S3. The number of nitrogens with zero attached hydrogens (tertiary/aromatic N) is 5. The zero-order valence-electron chi connectivity index (χ0n) is 15.5. The number of fused-ring (bicyclic) bond motifs is 6. The van der Waals surface area contributed by atoms with Gasteiger partial charge in [-0.1, -0.05) is 48.5 Å². The average molecular weight is 398 g/mol. The number of hydrogen-bond donors (Lipinski definition) is 0. The van der Waals surface area contributed by atoms with Crippen LogP contribution in [0.2, 0.25) is 0 Å². The second-order valence-electron chi connectivity index (χ2n) is 7.26. The van der Waals surface area contributed by atoms with E-state index in [1.807, 2.05) is 28.6 Å². The van der Waals surface area contributed by atoms with Crippen LogP contribution in [0.3, 0.4) is 0 Å². The topological polar surface area (TPSA) is 55.4 Å². The Morgan fingerprint density at radius 3 is 3.15 bits per heavy atom. The van der Waals surface area contributed by atoms with E-state index < -0.39 is 0 Å². The third-order valence-corrected chi connectivity index (χ3v) is 7.78. The molecule has 3 aliphatic rings. The summed E-state index contributed by atoms with van der Waals surface area (Å²) in [7, 11) is 0. The van der Waals surface area contributed by atoms with Crippen LogP contribution in [0.4, 0.5) is 0 Å². The molecular weight excluding hydrogens is 374 g/mol. The number of thioether (sulfide) groups is 2. The highest BCUT2D eigenvalue weighted by molar-refractivity contribution is 8.00. The molecule has 2 aromatic heterocycles. The summed E-state index contributed by atoms with van der Waals surface area (Å²) in [5, 5.41) is 9.97. The second kappa shape index (κ2) is 7.09. The first-order valence-electron chi connectivity index (χ1n) is 9.74. The standard InChI is InChI=1S/C20H23N5S2/c1-3-5-9-14-12-7-6-8-13(12)15-16-17(27-19(15)22-14)18-23-24-20(26-10-4-2)25(18)11-21-16/h4,11,15,19H,2-3,5-10H2,1H3/t15-,19-/m1/s1. The Morgan fingerprint density at radius 1 is 1.37 bits per heavy atom. The molecule has 0 unspecified atom stereocenters. The van der Waals surface area contributed by atoms with Gasteiger partial charge in [-0.15, -0.1) is 16.8 Å². The van der Waals surface area contributed by atoms with Crippen LogP contribution >= 0.6 is 23.5 Å². The van der Waals surface area contributed by atoms with E-state index in [9.17, 15) is 0 Å². The van der Waals surface area contributed by atoms with Crippen LogP contribution in [0.1, 0.15) is 57.1 Å². The minimum absolute atomic E-state index is 0.225. The normalized spacial score (nSPS) is 23.4. The van der Waals surface area contributed by atoms with Gasteiger partial charge in [-0.2, -0.15) is 0 Å². The number of allylic oxidation sites excluding steroid dienone is 1. The van der Waals surface area contributed by atoms with Crippen molar-refractivity contribution in [2.24, 2.45) is 4.99 Å². The molecule has 0 amide bonds. The summed E-state index contributed by atoms with van der Waals surface area (Å²) in [5.41, 5.74) is 6.60. The first-order valence-corrected chi connectivity index (χ1v) is 11.6. The predicted molar refractivity (Wildman–Crippen MR) is 112 cm³/mol. The fraction of sp³-hybridized carbons (Fsp3) is 0.500. The molecular formula is C20H23N5S2. The molecule has 0 spiro atoms. The van der Waals surface area contributed by atoms with Crippen LogP contribution in [0.15, 0.2) is 45.2 Å². The smallest absolute Gasteiger partial charge is 0.197 e. The van der Waals surface area contributed by atoms with Gasteiger partial charge in [0.25, 0.3) is 0 Å². The molecule has 2 aromatic rings. The van der Waals surface area contributed by atoms with Crippen molar-refractivity contribution >= 4 is 34.9 Å². The lowest BCUT2D eigenvalue weighted by Crippen LogP contribution is -2.21. The van der Waals surface area contributed by atoms with Gasteiger partial charge in [-0.3, -0.25) is 9.39 Å². The Hall–Kier alpha value is -1.60. The third-order valence-electron chi connectivity index (χ3n) is 5.60. The lowest BCUT2D eigenvalue weighted by Gasteiger charge is -2.26. The maximum atomic E-state index is 5.21. The number of aromatic nitrogens is 4. The van der Waals surface area contributed by atoms with Gasteiger partial charge in [-0.25, -0.2) is 4.98 Å². The van der Waals surface area contributed by atoms with E-state index in [2.05, 4.69) is 23.7 Å². The molecule has 0 aromatic carbocycles. The Kier molecular flexibility index (Phi) is 4.60. The molecule has 2 atom stereocenters. The molecule has 1 aliphatic carbocycles. The van der Waals surface area contributed by atoms with Gasteiger partial charge in [0.2, 0.25) is 0 Å². The van der Waals surface area contributed by atoms with E-state index in [4.69, 9.17) is 9.98 Å². The lowest BCUT2D eigenvalue weighted by atomic mass is 9.87. The molecule has 0 saturated carbocycles. The highest BCUT2D eigenvalue weighted by Gasteiger charge is 2.44. The summed E-state index contributed by atoms with van der Waals surface area (Å²) in [4.78, 5) is 11.3. The molecule has 4 heterocycles. The van der Waals surface area contributed by atoms with Gasteiger partial charge in [0.05, 0.1) is 16.5 Å². The van der Waals surface area contributed by atoms with Crippen molar-refractivity contribution in [2.75, 3.05) is 5.75 Å². The fourth-order valence-electron chi connectivity index (χ4n) is 4.39. The summed E-state index contributed by atoms with van der Waals surface area (Å²) >= 11 is 3.47. The molecule has 5 rings (SSSR count). The second-order valence-corrected chi connectivity index (χ2v) is 9.37. The lowest BCUT2D eigenvalue weighted by molar-refractivity contribution is 0.692. The van der Waals surface area contributed by atoms with Crippen molar-refractivity contribution in [1.82, 2.24) is 19.6 Å². The minimum Gasteiger partial charge on any atom is -0.274 e. The molecule has 0 N–H and O–H groups in total. The zero-order chi connectivity index (χ0) is 18.4. The number of aliphatic imine (C=N–C) groups is 1. The average Bonchev–Trinajstić information content (AvgIpc) is 3.39. The predicted octanol–water partition coefficient (Wildman–Crippen LogP) is 5.04. The van der Waals surface area contributed by atoms with Gasteiger partial charge >= 0.3 is 0 Å². The third kappa shape index (κ3) is 2.78. The Morgan fingerprint density at radius 2 is 2.30 bits per heavy atom. The van der Waals surface area contributed by atoms with Gasteiger partial charge in [-0.05, 0) is 37.7 Å². The van der Waals surface area contributed by atoms with Crippen LogP contribution < -0.4 is 0 Å². The quantitative estimate of drug-likeness (QED) is 0.505. The van der Waals surface area contributed by atoms with Gasteiger partial charge in [0.1, 0.15) is 11.7 Å². The van der Waals surface area contributed by atoms with Gasteiger partial charge in [0.15, 0.2) is 10.8 Å². The number of unbranched alkanes of at least 4 members (excludes halogenated alkanes) is 1. The molecule has 0 saturated heterocycles. The van der Waals surface area contributed by atoms with Crippen molar-refractivity contribution in [2.45, 2.75) is 66.8 Å². The van der Waals surface area contributed by atoms with E-state index in [1.54, 1.807) is 22.9 Å². The highest BCUT2D eigenvalue weighted by atomic mass is 32.2. The number of rotatable bonds is 6. The maximum Gasteiger partial charge on any atom is 0.197 e. The van der Waals surface area contributed by atoms with Crippen molar-refractivity contribution in [3.05, 3.63) is 35.8 Å². The molecule has 0 radical (unpaired) electrons. The summed E-state index contributed by atoms with van der Waals surface area (Å²) in [6, 6.07) is 0. The molecule has 0 bridgehead atoms. The fourth-order valence-corrected chi connectivity index (χ4v) is 6.42. The van der Waals surface area contributed by atoms with E-state index in [1.165, 1.54) is 42.7 Å². The Bertz CT molecular complexity index is 974. The van der Waals surface area contributed by atoms with Crippen molar-refractivity contribution in [3.8, 4) is 0 Å². The first-order chi connectivity index (χ1) is 13.3. The summed E-state index contributed by atoms with van der Waals surface area (Å²) in [6.45, 7) is 6.04. The van der Waals surface area contributed by atoms with Gasteiger partial charge in [0, 0.05) is 11.5 Å². The summed E-state index contributed by atoms with van der Waals surface area (Å²) in [5.74, 6) is 1.15. The molecule has 5 nitrogen and oxygen atoms in total. The summed E-state index contributed by atoms with van der Waals surface area (Å²) in [6.07, 6.45) is 11.0. The largest absolute Gasteiger partial charge is 0.274 e. The molecule has 27 heavy (non-hydrogen) atoms. The van der Waals surface area contributed by atoms with E-state index in [0.717, 1.165) is 28.7 Å². The minimum atomic E-state index is 0.225. The molecule has 2 aliphatic heterocycles. The van der Waals surface area contributed by atoms with Gasteiger partial charge < -0.3 is 0 Å². The summed E-state index contributed by atoms with van der Waals surface area (Å²) < 4.78 is 2.02. The van der Waals surface area contributed by atoms with Crippen LogP contribution in [-0.2, 0) is 0 Å². The van der Waals surface area contributed by atoms with E-state index >= 15 is 0 Å². The van der Waals surface area contributed by atoms with Crippen LogP contribution in [0.25, 0.3) is 5.65 Å². The zero-order valence-corrected chi connectivity index (χ0v) is 17.2. The highest BCUT2D eigenvalue weighted by Crippen LogP contribution is 2.55. The van der Waals surface area contributed by atoms with Crippen molar-refractivity contribution in [1.29, 1.82) is 0 Å². The molecule has 140 valence electrons. The van der Waals surface area contributed by atoms with E-state index in [0.29, 0.717) is 5.92 Å². The maximum absolute atomic E-state index is 5.21. The van der Waals surface area contributed by atoms with Crippen molar-refractivity contribution in [3.63, 3.8) is 0 Å². The first kappa shape index (κ1) is 17.5. The Labute approximate surface area is 167 Å². The van der Waals surface area contributed by atoms with Crippen LogP contribution in [0.5, 0.6) is 0 Å². The number of hydrogen-bond acceptors (Lipinski definition) is 6. The van der Waals surface area contributed by atoms with Crippen molar-refractivity contribution < 1.29 is 0 Å². The Balaban J connectivity index is 1.56. The monoisotopic (exact) mass is 397 g/mol. The van der Waals surface area contributed by atoms with E-state index in [-0.39, 0.29) is 5.37 Å². The number of dihydropyridines is 1. The van der Waals surface area contributed by atoms with Crippen LogP contribution in [-0.4, -0.2) is 36.4 Å².